The first-order chi connectivity index (χ1) is 19.7. The van der Waals surface area contributed by atoms with Crippen LogP contribution in [0, 0.1) is 11.3 Å². The van der Waals surface area contributed by atoms with Crippen molar-refractivity contribution in [2.75, 3.05) is 33.1 Å². The molecule has 3 atom stereocenters. The number of aromatic nitrogens is 2. The summed E-state index contributed by atoms with van der Waals surface area (Å²) < 4.78 is 81.4. The number of ether oxygens (including phenoxy) is 2. The highest BCUT2D eigenvalue weighted by Crippen LogP contribution is 2.55. The van der Waals surface area contributed by atoms with Crippen LogP contribution in [0.5, 0.6) is 0 Å². The van der Waals surface area contributed by atoms with Crippen molar-refractivity contribution in [1.29, 1.82) is 5.26 Å². The monoisotopic (exact) mass is 640 g/mol. The number of halogens is 2. The highest BCUT2D eigenvalue weighted by atomic mass is 31.2. The molecule has 0 aliphatic carbocycles. The Balaban J connectivity index is 2.64. The zero-order chi connectivity index (χ0) is 31.7. The van der Waals surface area contributed by atoms with Gasteiger partial charge in [-0.15, -0.1) is 0 Å². The lowest BCUT2D eigenvalue weighted by Gasteiger charge is -2.36. The van der Waals surface area contributed by atoms with E-state index in [0.29, 0.717) is 0 Å². The molecule has 0 amide bonds. The fourth-order valence-electron chi connectivity index (χ4n) is 4.23. The first kappa shape index (κ1) is 36.0. The van der Waals surface area contributed by atoms with E-state index in [1.165, 1.54) is 7.11 Å². The highest BCUT2D eigenvalue weighted by Gasteiger charge is 2.53. The van der Waals surface area contributed by atoms with Crippen molar-refractivity contribution in [2.24, 2.45) is 0 Å². The molecule has 0 bridgehead atoms. The highest BCUT2D eigenvalue weighted by molar-refractivity contribution is 7.53. The lowest BCUT2D eigenvalue weighted by molar-refractivity contribution is -0.0767. The van der Waals surface area contributed by atoms with Crippen LogP contribution in [0.3, 0.4) is 0 Å². The van der Waals surface area contributed by atoms with Crippen LogP contribution < -0.4 is 11.2 Å². The Morgan fingerprint density at radius 3 is 2.33 bits per heavy atom. The summed E-state index contributed by atoms with van der Waals surface area (Å²) in [5.74, 6) is -5.20. The molecule has 1 N–H and O–H groups in total. The first-order valence-corrected chi connectivity index (χ1v) is 16.4. The molecule has 1 aliphatic heterocycles. The summed E-state index contributed by atoms with van der Waals surface area (Å²) in [6, 6.07) is 2.68. The molecule has 17 heteroatoms. The van der Waals surface area contributed by atoms with E-state index in [1.807, 2.05) is 38.4 Å². The van der Waals surface area contributed by atoms with E-state index < -0.39 is 69.7 Å². The molecular weight excluding hydrogens is 600 g/mol. The van der Waals surface area contributed by atoms with Crippen LogP contribution in [0.2, 0.25) is 0 Å². The van der Waals surface area contributed by atoms with E-state index in [-0.39, 0.29) is 38.3 Å². The van der Waals surface area contributed by atoms with Gasteiger partial charge in [-0.1, -0.05) is 0 Å². The van der Waals surface area contributed by atoms with Gasteiger partial charge in [-0.25, -0.2) is 9.46 Å². The molecule has 0 saturated carbocycles. The Morgan fingerprint density at radius 2 is 1.83 bits per heavy atom. The lowest BCUT2D eigenvalue weighted by Crippen LogP contribution is -2.37. The van der Waals surface area contributed by atoms with E-state index in [9.17, 15) is 14.2 Å². The van der Waals surface area contributed by atoms with Crippen molar-refractivity contribution in [2.45, 2.75) is 84.7 Å². The molecule has 238 valence electrons. The Bertz CT molecular complexity index is 1250. The third-order valence-electron chi connectivity index (χ3n) is 5.88. The number of aromatic amines is 1. The number of H-pyrrole nitrogens is 1. The van der Waals surface area contributed by atoms with E-state index in [4.69, 9.17) is 32.8 Å². The number of alkyl halides is 2. The molecule has 2 heterocycles. The third-order valence-corrected chi connectivity index (χ3v) is 10.0. The second-order valence-corrected chi connectivity index (χ2v) is 13.2. The van der Waals surface area contributed by atoms with Crippen molar-refractivity contribution in [3.05, 3.63) is 44.6 Å². The standard InChI is InChI=1S/C25H40F2N4O9P2/c1-8-37-42(34,38-9-2)16-12-25(26,27)22-20(40-41(36-15-10-13-28)31(17(3)4)18(5)6)21(35-7)23(39-22)30-14-11-19(32)29-24(30)33/h11,14,17-18,21,23H,8-10,12,15-16H2,1-7H3,(H,29,32,33)/t21?,23-,41?/m1/s1. The lowest BCUT2D eigenvalue weighted by atomic mass is 10.1. The second kappa shape index (κ2) is 16.1. The summed E-state index contributed by atoms with van der Waals surface area (Å²) in [6.07, 6.45) is -3.41. The topological polar surface area (TPSA) is 154 Å². The van der Waals surface area contributed by atoms with Gasteiger partial charge in [-0.05, 0) is 41.5 Å². The fourth-order valence-corrected chi connectivity index (χ4v) is 7.54. The van der Waals surface area contributed by atoms with Crippen LogP contribution >= 0.6 is 16.1 Å². The van der Waals surface area contributed by atoms with E-state index in [1.54, 1.807) is 13.8 Å². The van der Waals surface area contributed by atoms with Gasteiger partial charge in [-0.3, -0.25) is 18.9 Å². The summed E-state index contributed by atoms with van der Waals surface area (Å²) in [6.45, 7) is 10.6. The Hall–Kier alpha value is -2.17. The van der Waals surface area contributed by atoms with Crippen LogP contribution in [0.4, 0.5) is 8.78 Å². The minimum absolute atomic E-state index is 0.01000. The molecule has 2 rings (SSSR count). The number of hydrogen-bond donors (Lipinski definition) is 1. The molecule has 1 aromatic heterocycles. The predicted molar refractivity (Wildman–Crippen MR) is 151 cm³/mol. The predicted octanol–water partition coefficient (Wildman–Crippen LogP) is 4.88. The molecule has 0 saturated heterocycles. The summed E-state index contributed by atoms with van der Waals surface area (Å²) in [5.41, 5.74) is -1.62. The SMILES string of the molecule is CCOP(=O)(CCC(F)(F)C1=C(OP(OCCC#N)N(C(C)C)C(C)C)C(OC)[C@H](n2ccc(=O)[nH]c2=O)O1)OCC. The van der Waals surface area contributed by atoms with Crippen LogP contribution in [0.1, 0.15) is 60.6 Å². The zero-order valence-corrected chi connectivity index (χ0v) is 26.7. The Kier molecular flexibility index (Phi) is 13.8. The Morgan fingerprint density at radius 1 is 1.21 bits per heavy atom. The average Bonchev–Trinajstić information content (AvgIpc) is 3.26. The summed E-state index contributed by atoms with van der Waals surface area (Å²) >= 11 is 0. The first-order valence-electron chi connectivity index (χ1n) is 13.5. The van der Waals surface area contributed by atoms with Crippen molar-refractivity contribution in [1.82, 2.24) is 14.2 Å². The van der Waals surface area contributed by atoms with Crippen molar-refractivity contribution >= 4 is 16.1 Å². The van der Waals surface area contributed by atoms with Gasteiger partial charge < -0.3 is 27.6 Å². The van der Waals surface area contributed by atoms with Crippen molar-refractivity contribution < 1.29 is 40.9 Å². The molecule has 0 fully saturated rings. The number of nitrogens with one attached hydrogen (secondary N) is 1. The molecule has 13 nitrogen and oxygen atoms in total. The largest absolute Gasteiger partial charge is 0.461 e. The van der Waals surface area contributed by atoms with Crippen LogP contribution in [-0.2, 0) is 32.1 Å². The zero-order valence-electron chi connectivity index (χ0n) is 24.9. The summed E-state index contributed by atoms with van der Waals surface area (Å²) in [5, 5.41) is 9.03. The normalized spacial score (nSPS) is 18.5. The molecule has 1 aromatic rings. The molecule has 2 unspecified atom stereocenters. The van der Waals surface area contributed by atoms with Crippen LogP contribution in [0.15, 0.2) is 33.4 Å². The second-order valence-electron chi connectivity index (χ2n) is 9.64. The maximum atomic E-state index is 16.0. The van der Waals surface area contributed by atoms with E-state index in [0.717, 1.165) is 16.8 Å². The smallest absolute Gasteiger partial charge is 0.331 e. The Labute approximate surface area is 245 Å². The van der Waals surface area contributed by atoms with Gasteiger partial charge in [0.25, 0.3) is 5.56 Å². The molecule has 0 spiro atoms. The maximum Gasteiger partial charge on any atom is 0.331 e. The number of rotatable bonds is 18. The average molecular weight is 641 g/mol. The molecule has 42 heavy (non-hydrogen) atoms. The minimum atomic E-state index is -3.86. The summed E-state index contributed by atoms with van der Waals surface area (Å²) in [7, 11) is -4.73. The number of methoxy groups -OCH3 is 1. The van der Waals surface area contributed by atoms with Crippen molar-refractivity contribution in [3.63, 3.8) is 0 Å². The minimum Gasteiger partial charge on any atom is -0.461 e. The van der Waals surface area contributed by atoms with Crippen molar-refractivity contribution in [3.8, 4) is 6.07 Å². The summed E-state index contributed by atoms with van der Waals surface area (Å²) in [4.78, 5) is 26.4. The van der Waals surface area contributed by atoms with Crippen LogP contribution in [0.25, 0.3) is 0 Å². The van der Waals surface area contributed by atoms with Gasteiger partial charge in [0.05, 0.1) is 38.5 Å². The molecular formula is C25H40F2N4O9P2. The van der Waals surface area contributed by atoms with E-state index in [2.05, 4.69) is 4.98 Å². The van der Waals surface area contributed by atoms with Gasteiger partial charge in [0, 0.05) is 37.9 Å². The van der Waals surface area contributed by atoms with Gasteiger partial charge in [0.1, 0.15) is 0 Å². The molecule has 1 aliphatic rings. The van der Waals surface area contributed by atoms with E-state index >= 15 is 8.78 Å². The molecule has 0 radical (unpaired) electrons. The number of hydrogen-bond acceptors (Lipinski definition) is 11. The fraction of sp³-hybridized carbons (Fsp3) is 0.720. The van der Waals surface area contributed by atoms with Gasteiger partial charge in [0.2, 0.25) is 12.0 Å². The van der Waals surface area contributed by atoms with Gasteiger partial charge in [-0.2, -0.15) is 14.0 Å². The maximum absolute atomic E-state index is 16.0. The van der Waals surface area contributed by atoms with Gasteiger partial charge >= 0.3 is 27.7 Å². The number of allylic oxidation sites excluding steroid dienone is 1. The van der Waals surface area contributed by atoms with Gasteiger partial charge in [0.15, 0.2) is 11.9 Å². The third kappa shape index (κ3) is 9.16. The quantitative estimate of drug-likeness (QED) is 0.173. The van der Waals surface area contributed by atoms with Crippen LogP contribution in [-0.4, -0.2) is 71.4 Å². The number of nitrogens with zero attached hydrogens (tertiary/aromatic N) is 3. The molecule has 0 aromatic carbocycles. The number of nitriles is 1.